The summed E-state index contributed by atoms with van der Waals surface area (Å²) < 4.78 is 12.4. The van der Waals surface area contributed by atoms with E-state index in [-0.39, 0.29) is 5.60 Å². The van der Waals surface area contributed by atoms with Crippen molar-refractivity contribution < 1.29 is 9.16 Å². The van der Waals surface area contributed by atoms with Crippen molar-refractivity contribution in [2.45, 2.75) is 50.9 Å². The number of rotatable bonds is 6. The summed E-state index contributed by atoms with van der Waals surface area (Å²) in [6.45, 7) is 7.98. The lowest BCUT2D eigenvalue weighted by Gasteiger charge is -2.49. The molecule has 0 aromatic heterocycles. The van der Waals surface area contributed by atoms with Crippen molar-refractivity contribution in [1.82, 2.24) is 4.90 Å². The van der Waals surface area contributed by atoms with Gasteiger partial charge in [-0.1, -0.05) is 25.0 Å². The highest BCUT2D eigenvalue weighted by Crippen LogP contribution is 2.47. The van der Waals surface area contributed by atoms with E-state index in [1.165, 1.54) is 24.8 Å². The number of hydrogen-bond acceptors (Lipinski definition) is 3. The Bertz CT molecular complexity index is 512. The van der Waals surface area contributed by atoms with E-state index in [2.05, 4.69) is 56.8 Å². The van der Waals surface area contributed by atoms with E-state index in [9.17, 15) is 0 Å². The van der Waals surface area contributed by atoms with Crippen molar-refractivity contribution in [1.29, 1.82) is 0 Å². The molecular formula is C19H33NO2Si. The molecular weight excluding hydrogens is 302 g/mol. The topological polar surface area (TPSA) is 21.7 Å². The molecule has 1 aliphatic rings. The zero-order valence-electron chi connectivity index (χ0n) is 15.7. The third-order valence-electron chi connectivity index (χ3n) is 4.64. The Kier molecular flexibility index (Phi) is 5.92. The molecule has 0 aliphatic heterocycles. The number of benzene rings is 1. The van der Waals surface area contributed by atoms with Crippen molar-refractivity contribution in [3.63, 3.8) is 0 Å². The van der Waals surface area contributed by atoms with Gasteiger partial charge in [0.2, 0.25) is 0 Å². The molecule has 4 heteroatoms. The summed E-state index contributed by atoms with van der Waals surface area (Å²) in [6, 6.07) is 8.55. The van der Waals surface area contributed by atoms with Crippen LogP contribution in [0.5, 0.6) is 5.75 Å². The van der Waals surface area contributed by atoms with Gasteiger partial charge in [0, 0.05) is 12.5 Å². The molecule has 0 bridgehead atoms. The van der Waals surface area contributed by atoms with Crippen LogP contribution in [-0.2, 0) is 10.0 Å². The minimum absolute atomic E-state index is 0.165. The number of ether oxygens (including phenoxy) is 1. The summed E-state index contributed by atoms with van der Waals surface area (Å²) in [5, 5.41) is 0. The van der Waals surface area contributed by atoms with Crippen molar-refractivity contribution in [3.05, 3.63) is 29.8 Å². The second-order valence-electron chi connectivity index (χ2n) is 8.04. The van der Waals surface area contributed by atoms with Crippen molar-refractivity contribution in [3.8, 4) is 5.75 Å². The number of methoxy groups -OCH3 is 1. The van der Waals surface area contributed by atoms with Crippen LogP contribution in [0.2, 0.25) is 19.6 Å². The van der Waals surface area contributed by atoms with Gasteiger partial charge in [0.05, 0.1) is 12.7 Å². The van der Waals surface area contributed by atoms with Gasteiger partial charge in [-0.2, -0.15) is 0 Å². The van der Waals surface area contributed by atoms with Crippen LogP contribution in [0, 0.1) is 5.92 Å². The summed E-state index contributed by atoms with van der Waals surface area (Å²) >= 11 is 0. The average Bonchev–Trinajstić information content (AvgIpc) is 2.47. The summed E-state index contributed by atoms with van der Waals surface area (Å²) in [5.74, 6) is 1.46. The predicted octanol–water partition coefficient (Wildman–Crippen LogP) is 4.49. The average molecular weight is 336 g/mol. The lowest BCUT2D eigenvalue weighted by atomic mass is 9.71. The van der Waals surface area contributed by atoms with E-state index in [0.29, 0.717) is 5.92 Å². The molecule has 0 radical (unpaired) electrons. The Labute approximate surface area is 143 Å². The molecule has 0 spiro atoms. The maximum Gasteiger partial charge on any atom is 0.184 e. The van der Waals surface area contributed by atoms with Crippen molar-refractivity contribution in [2.75, 3.05) is 27.7 Å². The molecule has 1 aliphatic carbocycles. The van der Waals surface area contributed by atoms with E-state index in [1.54, 1.807) is 7.11 Å². The number of nitrogens with zero attached hydrogens (tertiary/aromatic N) is 1. The smallest absolute Gasteiger partial charge is 0.184 e. The molecule has 2 atom stereocenters. The van der Waals surface area contributed by atoms with Crippen molar-refractivity contribution >= 4 is 8.32 Å². The molecule has 1 aromatic rings. The molecule has 1 saturated carbocycles. The fourth-order valence-corrected chi connectivity index (χ4v) is 5.38. The van der Waals surface area contributed by atoms with Gasteiger partial charge < -0.3 is 14.1 Å². The van der Waals surface area contributed by atoms with Crippen LogP contribution in [0.25, 0.3) is 0 Å². The quantitative estimate of drug-likeness (QED) is 0.715. The van der Waals surface area contributed by atoms with Gasteiger partial charge in [0.15, 0.2) is 8.32 Å². The van der Waals surface area contributed by atoms with Crippen LogP contribution in [0.15, 0.2) is 24.3 Å². The maximum absolute atomic E-state index is 6.92. The number of hydrogen-bond donors (Lipinski definition) is 0. The second-order valence-corrected chi connectivity index (χ2v) is 12.5. The molecule has 23 heavy (non-hydrogen) atoms. The highest BCUT2D eigenvalue weighted by molar-refractivity contribution is 6.69. The van der Waals surface area contributed by atoms with Gasteiger partial charge >= 0.3 is 0 Å². The van der Waals surface area contributed by atoms with E-state index >= 15 is 0 Å². The SMILES string of the molecule is COc1cccc(C2(O[Si](C)(C)C)CCCCC2CN(C)C)c1. The zero-order chi connectivity index (χ0) is 17.1. The first-order valence-corrected chi connectivity index (χ1v) is 12.2. The molecule has 0 amide bonds. The Morgan fingerprint density at radius 1 is 1.22 bits per heavy atom. The van der Waals surface area contributed by atoms with Crippen LogP contribution in [0.1, 0.15) is 31.2 Å². The van der Waals surface area contributed by atoms with E-state index < -0.39 is 8.32 Å². The van der Waals surface area contributed by atoms with Gasteiger partial charge in [0.25, 0.3) is 0 Å². The normalized spacial score (nSPS) is 25.6. The molecule has 130 valence electrons. The monoisotopic (exact) mass is 335 g/mol. The van der Waals surface area contributed by atoms with Gasteiger partial charge in [-0.25, -0.2) is 0 Å². The van der Waals surface area contributed by atoms with Crippen LogP contribution < -0.4 is 4.74 Å². The fraction of sp³-hybridized carbons (Fsp3) is 0.684. The van der Waals surface area contributed by atoms with Gasteiger partial charge in [-0.15, -0.1) is 0 Å². The van der Waals surface area contributed by atoms with Gasteiger partial charge in [-0.05, 0) is 64.3 Å². The molecule has 2 rings (SSSR count). The van der Waals surface area contributed by atoms with E-state index in [1.807, 2.05) is 6.07 Å². The van der Waals surface area contributed by atoms with Crippen LogP contribution in [-0.4, -0.2) is 41.0 Å². The Morgan fingerprint density at radius 2 is 1.96 bits per heavy atom. The molecule has 0 N–H and O–H groups in total. The highest BCUT2D eigenvalue weighted by Gasteiger charge is 2.46. The first-order valence-electron chi connectivity index (χ1n) is 8.76. The summed E-state index contributed by atoms with van der Waals surface area (Å²) in [6.07, 6.45) is 4.90. The minimum Gasteiger partial charge on any atom is -0.497 e. The molecule has 1 fully saturated rings. The first kappa shape index (κ1) is 18.5. The summed E-state index contributed by atoms with van der Waals surface area (Å²) in [7, 11) is 4.39. The van der Waals surface area contributed by atoms with Gasteiger partial charge in [0.1, 0.15) is 5.75 Å². The maximum atomic E-state index is 6.92. The Hall–Kier alpha value is -0.843. The lowest BCUT2D eigenvalue weighted by molar-refractivity contribution is -0.0453. The molecule has 2 unspecified atom stereocenters. The largest absolute Gasteiger partial charge is 0.497 e. The Morgan fingerprint density at radius 3 is 2.57 bits per heavy atom. The van der Waals surface area contributed by atoms with E-state index in [4.69, 9.17) is 9.16 Å². The van der Waals surface area contributed by atoms with Crippen LogP contribution in [0.3, 0.4) is 0 Å². The zero-order valence-corrected chi connectivity index (χ0v) is 16.7. The third kappa shape index (κ3) is 4.58. The minimum atomic E-state index is -1.68. The van der Waals surface area contributed by atoms with E-state index in [0.717, 1.165) is 18.7 Å². The van der Waals surface area contributed by atoms with Gasteiger partial charge in [-0.3, -0.25) is 0 Å². The fourth-order valence-electron chi connectivity index (χ4n) is 3.90. The molecule has 0 saturated heterocycles. The van der Waals surface area contributed by atoms with Crippen LogP contribution in [0.4, 0.5) is 0 Å². The molecule has 1 aromatic carbocycles. The second kappa shape index (κ2) is 7.37. The molecule has 0 heterocycles. The standard InChI is InChI=1S/C19H33NO2Si/c1-20(2)15-17-10-7-8-13-19(17,22-23(4,5)6)16-11-9-12-18(14-16)21-3/h9,11-12,14,17H,7-8,10,13,15H2,1-6H3. The summed E-state index contributed by atoms with van der Waals surface area (Å²) in [4.78, 5) is 2.30. The van der Waals surface area contributed by atoms with Crippen molar-refractivity contribution in [2.24, 2.45) is 5.92 Å². The highest BCUT2D eigenvalue weighted by atomic mass is 28.4. The summed E-state index contributed by atoms with van der Waals surface area (Å²) in [5.41, 5.74) is 1.13. The molecule has 3 nitrogen and oxygen atoms in total. The van der Waals surface area contributed by atoms with Crippen LogP contribution >= 0.6 is 0 Å². The first-order chi connectivity index (χ1) is 10.8. The predicted molar refractivity (Wildman–Crippen MR) is 99.6 cm³/mol. The Balaban J connectivity index is 2.48. The third-order valence-corrected chi connectivity index (χ3v) is 5.62. The lowest BCUT2D eigenvalue weighted by Crippen LogP contribution is -2.50.